The van der Waals surface area contributed by atoms with E-state index in [-0.39, 0.29) is 37.5 Å². The Kier molecular flexibility index (Phi) is 59.5. The van der Waals surface area contributed by atoms with E-state index in [4.69, 9.17) is 14.2 Å². The molecule has 0 aromatic rings. The van der Waals surface area contributed by atoms with Gasteiger partial charge in [-0.05, 0) is 154 Å². The molecular formula is C72H110O6. The summed E-state index contributed by atoms with van der Waals surface area (Å²) < 4.78 is 16.8. The molecule has 0 N–H and O–H groups in total. The molecule has 1 atom stereocenters. The van der Waals surface area contributed by atoms with Gasteiger partial charge in [-0.2, -0.15) is 0 Å². The second kappa shape index (κ2) is 64.0. The van der Waals surface area contributed by atoms with Crippen LogP contribution in [0.15, 0.2) is 182 Å². The molecule has 0 aliphatic heterocycles. The molecule has 6 heteroatoms. The predicted octanol–water partition coefficient (Wildman–Crippen LogP) is 21.3. The lowest BCUT2D eigenvalue weighted by Gasteiger charge is -2.18. The summed E-state index contributed by atoms with van der Waals surface area (Å²) in [5.74, 6) is -1.02. The van der Waals surface area contributed by atoms with Crippen LogP contribution in [0.2, 0.25) is 0 Å². The third-order valence-corrected chi connectivity index (χ3v) is 12.1. The molecule has 0 saturated carbocycles. The first-order valence-electron chi connectivity index (χ1n) is 30.8. The van der Waals surface area contributed by atoms with E-state index in [0.717, 1.165) is 167 Å². The van der Waals surface area contributed by atoms with Gasteiger partial charge in [-0.1, -0.05) is 242 Å². The van der Waals surface area contributed by atoms with Gasteiger partial charge in [0.25, 0.3) is 0 Å². The molecule has 0 amide bonds. The highest BCUT2D eigenvalue weighted by molar-refractivity contribution is 5.71. The Bertz CT molecular complexity index is 1850. The molecule has 6 nitrogen and oxygen atoms in total. The zero-order valence-corrected chi connectivity index (χ0v) is 49.6. The maximum absolute atomic E-state index is 12.9. The average molecular weight is 1070 g/mol. The van der Waals surface area contributed by atoms with Crippen molar-refractivity contribution in [2.75, 3.05) is 13.2 Å². The van der Waals surface area contributed by atoms with E-state index in [0.29, 0.717) is 19.3 Å². The Hall–Kier alpha value is -5.49. The minimum absolute atomic E-state index is 0.124. The Morgan fingerprint density at radius 1 is 0.269 bits per heavy atom. The summed E-state index contributed by atoms with van der Waals surface area (Å²) in [5.41, 5.74) is 0. The molecule has 0 heterocycles. The Morgan fingerprint density at radius 3 is 0.821 bits per heavy atom. The minimum atomic E-state index is -0.833. The molecule has 0 fully saturated rings. The highest BCUT2D eigenvalue weighted by Crippen LogP contribution is 2.12. The van der Waals surface area contributed by atoms with Crippen molar-refractivity contribution in [3.63, 3.8) is 0 Å². The van der Waals surface area contributed by atoms with Crippen LogP contribution >= 0.6 is 0 Å². The fourth-order valence-electron chi connectivity index (χ4n) is 7.56. The second-order valence-corrected chi connectivity index (χ2v) is 19.5. The first kappa shape index (κ1) is 72.5. The number of allylic oxidation sites excluding steroid dienone is 30. The molecule has 78 heavy (non-hydrogen) atoms. The van der Waals surface area contributed by atoms with E-state index in [1.165, 1.54) is 19.3 Å². The quantitative estimate of drug-likeness (QED) is 0.0261. The molecule has 0 radical (unpaired) electrons. The van der Waals surface area contributed by atoms with Crippen molar-refractivity contribution in [3.05, 3.63) is 182 Å². The molecule has 0 saturated heterocycles. The van der Waals surface area contributed by atoms with Gasteiger partial charge in [-0.25, -0.2) is 0 Å². The van der Waals surface area contributed by atoms with Crippen molar-refractivity contribution in [2.45, 2.75) is 239 Å². The SMILES string of the molecule is CC/C=C\C/C=C\C/C=C\C/C=C\C/C=C\C/C=C\C/C=C\CCCCCC(=O)OCC(COC(=O)CCCCCCC/C=C\C/C=C\CCCC)OC(=O)CCCC/C=C\C/C=C\C/C=C\C/C=C\C/C=C\C/C=C\CC. The van der Waals surface area contributed by atoms with Crippen LogP contribution in [0.4, 0.5) is 0 Å². The number of rotatable bonds is 53. The van der Waals surface area contributed by atoms with Gasteiger partial charge in [0.1, 0.15) is 13.2 Å². The highest BCUT2D eigenvalue weighted by atomic mass is 16.6. The Labute approximate surface area is 478 Å². The van der Waals surface area contributed by atoms with E-state index < -0.39 is 6.10 Å². The maximum Gasteiger partial charge on any atom is 0.306 e. The third-order valence-electron chi connectivity index (χ3n) is 12.1. The van der Waals surface area contributed by atoms with Gasteiger partial charge in [0.2, 0.25) is 0 Å². The number of hydrogen-bond acceptors (Lipinski definition) is 6. The Morgan fingerprint density at radius 2 is 0.500 bits per heavy atom. The molecule has 0 aromatic heterocycles. The fourth-order valence-corrected chi connectivity index (χ4v) is 7.56. The lowest BCUT2D eigenvalue weighted by atomic mass is 10.1. The zero-order chi connectivity index (χ0) is 56.4. The van der Waals surface area contributed by atoms with Crippen molar-refractivity contribution in [3.8, 4) is 0 Å². The van der Waals surface area contributed by atoms with Crippen molar-refractivity contribution in [1.82, 2.24) is 0 Å². The topological polar surface area (TPSA) is 78.9 Å². The highest BCUT2D eigenvalue weighted by Gasteiger charge is 2.19. The molecule has 0 aromatic carbocycles. The maximum atomic E-state index is 12.9. The summed E-state index contributed by atoms with van der Waals surface area (Å²) in [6.45, 7) is 6.28. The molecule has 0 spiro atoms. The molecule has 434 valence electrons. The standard InChI is InChI=1S/C72H110O6/c1-4-7-10-13-16-19-22-25-28-30-32-34-35-36-37-39-40-42-44-47-50-53-56-59-62-65-71(74)77-68-69(67-76-70(73)64-61-58-55-52-49-46-27-24-21-18-15-12-9-6-3)78-72(75)66-63-60-57-54-51-48-45-43-41-38-33-31-29-26-23-20-17-14-11-8-5-2/h7-8,10-11,15-20,24-29,32-34,36-38,40,42-43,45,47,50-51,54,69H,4-6,9,12-14,21-23,30-31,35,39,41,44,46,48-49,52-53,55-68H2,1-3H3/b10-7-,11-8-,18-15-,19-16-,20-17-,27-24-,28-25-,29-26-,34-32-,37-36-,38-33-,42-40-,45-43-,50-47-,54-51-. The van der Waals surface area contributed by atoms with Gasteiger partial charge in [-0.15, -0.1) is 0 Å². The first-order chi connectivity index (χ1) is 38.5. The smallest absolute Gasteiger partial charge is 0.306 e. The van der Waals surface area contributed by atoms with Crippen LogP contribution in [-0.4, -0.2) is 37.2 Å². The lowest BCUT2D eigenvalue weighted by molar-refractivity contribution is -0.167. The largest absolute Gasteiger partial charge is 0.462 e. The number of ether oxygens (including phenoxy) is 3. The number of carbonyl (C=O) groups is 3. The van der Waals surface area contributed by atoms with Crippen LogP contribution in [0.25, 0.3) is 0 Å². The van der Waals surface area contributed by atoms with Crippen molar-refractivity contribution < 1.29 is 28.6 Å². The van der Waals surface area contributed by atoms with E-state index in [1.807, 2.05) is 0 Å². The summed E-state index contributed by atoms with van der Waals surface area (Å²) in [4.78, 5) is 38.3. The number of carbonyl (C=O) groups excluding carboxylic acids is 3. The van der Waals surface area contributed by atoms with Gasteiger partial charge in [-0.3, -0.25) is 14.4 Å². The van der Waals surface area contributed by atoms with E-state index in [2.05, 4.69) is 203 Å². The molecular weight excluding hydrogens is 961 g/mol. The van der Waals surface area contributed by atoms with Crippen molar-refractivity contribution in [2.24, 2.45) is 0 Å². The first-order valence-corrected chi connectivity index (χ1v) is 30.8. The van der Waals surface area contributed by atoms with Crippen LogP contribution in [0, 0.1) is 0 Å². The number of esters is 3. The van der Waals surface area contributed by atoms with Gasteiger partial charge < -0.3 is 14.2 Å². The summed E-state index contributed by atoms with van der Waals surface area (Å²) >= 11 is 0. The van der Waals surface area contributed by atoms with E-state index in [1.54, 1.807) is 0 Å². The predicted molar refractivity (Wildman–Crippen MR) is 338 cm³/mol. The summed E-state index contributed by atoms with van der Waals surface area (Å²) in [6.07, 6.45) is 96.0. The summed E-state index contributed by atoms with van der Waals surface area (Å²) in [6, 6.07) is 0. The van der Waals surface area contributed by atoms with Crippen LogP contribution < -0.4 is 0 Å². The number of unbranched alkanes of at least 4 members (excludes halogenated alkanes) is 12. The van der Waals surface area contributed by atoms with E-state index in [9.17, 15) is 14.4 Å². The fraction of sp³-hybridized carbons (Fsp3) is 0.542. The van der Waals surface area contributed by atoms with Gasteiger partial charge in [0.15, 0.2) is 6.10 Å². The number of hydrogen-bond donors (Lipinski definition) is 0. The molecule has 0 aliphatic rings. The summed E-state index contributed by atoms with van der Waals surface area (Å²) in [5, 5.41) is 0. The van der Waals surface area contributed by atoms with Crippen molar-refractivity contribution in [1.29, 1.82) is 0 Å². The lowest BCUT2D eigenvalue weighted by Crippen LogP contribution is -2.30. The van der Waals surface area contributed by atoms with Crippen LogP contribution in [0.3, 0.4) is 0 Å². The van der Waals surface area contributed by atoms with Crippen LogP contribution in [0.1, 0.15) is 233 Å². The molecule has 0 rings (SSSR count). The average Bonchev–Trinajstić information content (AvgIpc) is 3.44. The minimum Gasteiger partial charge on any atom is -0.462 e. The Balaban J connectivity index is 4.57. The second-order valence-electron chi connectivity index (χ2n) is 19.5. The molecule has 1 unspecified atom stereocenters. The third kappa shape index (κ3) is 61.4. The van der Waals surface area contributed by atoms with Crippen molar-refractivity contribution >= 4 is 17.9 Å². The van der Waals surface area contributed by atoms with Gasteiger partial charge in [0, 0.05) is 19.3 Å². The normalized spacial score (nSPS) is 13.4. The van der Waals surface area contributed by atoms with E-state index >= 15 is 0 Å². The zero-order valence-electron chi connectivity index (χ0n) is 49.6. The van der Waals surface area contributed by atoms with Gasteiger partial charge in [0.05, 0.1) is 0 Å². The van der Waals surface area contributed by atoms with Gasteiger partial charge >= 0.3 is 17.9 Å². The molecule has 0 bridgehead atoms. The van der Waals surface area contributed by atoms with Crippen LogP contribution in [-0.2, 0) is 28.6 Å². The monoisotopic (exact) mass is 1070 g/mol. The summed E-state index contributed by atoms with van der Waals surface area (Å²) in [7, 11) is 0. The molecule has 0 aliphatic carbocycles. The van der Waals surface area contributed by atoms with Crippen LogP contribution in [0.5, 0.6) is 0 Å².